The number of hydrogen-bond donors (Lipinski definition) is 3. The van der Waals surface area contributed by atoms with Crippen molar-refractivity contribution in [2.24, 2.45) is 0 Å². The Bertz CT molecular complexity index is 619. The Hall–Kier alpha value is -2.76. The Kier molecular flexibility index (Phi) is 3.51. The van der Waals surface area contributed by atoms with Crippen molar-refractivity contribution in [3.8, 4) is 0 Å². The van der Waals surface area contributed by atoms with Gasteiger partial charge in [0.15, 0.2) is 0 Å². The fourth-order valence-electron chi connectivity index (χ4n) is 1.55. The molecular weight excluding hydrogens is 248 g/mol. The second-order valence-electron chi connectivity index (χ2n) is 3.84. The number of aromatic carboxylic acids is 1. The molecule has 0 fully saturated rings. The number of amides is 1. The van der Waals surface area contributed by atoms with E-state index in [1.54, 1.807) is 24.3 Å². The number of carboxylic acids is 1. The zero-order chi connectivity index (χ0) is 13.8. The van der Waals surface area contributed by atoms with Crippen LogP contribution in [0.15, 0.2) is 40.8 Å². The van der Waals surface area contributed by atoms with Gasteiger partial charge in [0, 0.05) is 5.69 Å². The highest BCUT2D eigenvalue weighted by Crippen LogP contribution is 2.11. The van der Waals surface area contributed by atoms with E-state index in [9.17, 15) is 9.59 Å². The number of anilines is 1. The van der Waals surface area contributed by atoms with Gasteiger partial charge in [-0.1, -0.05) is 12.1 Å². The second-order valence-corrected chi connectivity index (χ2v) is 3.84. The van der Waals surface area contributed by atoms with Crippen molar-refractivity contribution < 1.29 is 19.1 Å². The summed E-state index contributed by atoms with van der Waals surface area (Å²) in [6, 6.07) is 9.51. The smallest absolute Gasteiger partial charge is 0.371 e. The van der Waals surface area contributed by atoms with Gasteiger partial charge in [0.1, 0.15) is 5.76 Å². The first-order chi connectivity index (χ1) is 9.08. The van der Waals surface area contributed by atoms with Crippen LogP contribution in [0.2, 0.25) is 0 Å². The number of nitrogen functional groups attached to an aromatic ring is 1. The van der Waals surface area contributed by atoms with Crippen molar-refractivity contribution in [2.75, 3.05) is 5.73 Å². The molecule has 98 valence electrons. The molecule has 19 heavy (non-hydrogen) atoms. The van der Waals surface area contributed by atoms with Crippen molar-refractivity contribution >= 4 is 17.6 Å². The quantitative estimate of drug-likeness (QED) is 0.722. The van der Waals surface area contributed by atoms with E-state index in [1.807, 2.05) is 0 Å². The van der Waals surface area contributed by atoms with E-state index < -0.39 is 5.97 Å². The minimum absolute atomic E-state index is 0.0977. The van der Waals surface area contributed by atoms with Gasteiger partial charge >= 0.3 is 5.97 Å². The summed E-state index contributed by atoms with van der Waals surface area (Å²) in [6.45, 7) is 0.0977. The summed E-state index contributed by atoms with van der Waals surface area (Å²) in [5.74, 6) is -1.29. The van der Waals surface area contributed by atoms with Crippen LogP contribution in [0.25, 0.3) is 0 Å². The molecule has 2 aromatic rings. The number of rotatable bonds is 4. The summed E-state index contributed by atoms with van der Waals surface area (Å²) in [5, 5.41) is 11.3. The van der Waals surface area contributed by atoms with Crippen LogP contribution < -0.4 is 11.1 Å². The summed E-state index contributed by atoms with van der Waals surface area (Å²) in [5.41, 5.74) is 6.42. The first-order valence-corrected chi connectivity index (χ1v) is 5.52. The number of para-hydroxylation sites is 1. The van der Waals surface area contributed by atoms with Crippen LogP contribution in [0.5, 0.6) is 0 Å². The lowest BCUT2D eigenvalue weighted by Crippen LogP contribution is -2.23. The van der Waals surface area contributed by atoms with E-state index in [0.29, 0.717) is 17.0 Å². The topological polar surface area (TPSA) is 106 Å². The van der Waals surface area contributed by atoms with Gasteiger partial charge in [0.2, 0.25) is 5.76 Å². The number of carboxylic acid groups (broad SMARTS) is 1. The number of carbonyl (C=O) groups is 2. The van der Waals surface area contributed by atoms with Crippen molar-refractivity contribution in [1.29, 1.82) is 0 Å². The average molecular weight is 260 g/mol. The third kappa shape index (κ3) is 2.92. The third-order valence-corrected chi connectivity index (χ3v) is 2.50. The molecule has 6 heteroatoms. The lowest BCUT2D eigenvalue weighted by atomic mass is 10.1. The first kappa shape index (κ1) is 12.7. The van der Waals surface area contributed by atoms with Crippen LogP contribution >= 0.6 is 0 Å². The van der Waals surface area contributed by atoms with Gasteiger partial charge in [0.25, 0.3) is 5.91 Å². The predicted octanol–water partition coefficient (Wildman–Crippen LogP) is 1.49. The Morgan fingerprint density at radius 1 is 1.21 bits per heavy atom. The molecule has 2 rings (SSSR count). The van der Waals surface area contributed by atoms with Gasteiger partial charge in [-0.25, -0.2) is 4.79 Å². The molecule has 4 N–H and O–H groups in total. The molecule has 0 unspecified atom stereocenters. The Morgan fingerprint density at radius 2 is 1.95 bits per heavy atom. The van der Waals surface area contributed by atoms with Crippen LogP contribution in [0.3, 0.4) is 0 Å². The van der Waals surface area contributed by atoms with E-state index >= 15 is 0 Å². The van der Waals surface area contributed by atoms with Gasteiger partial charge in [0.05, 0.1) is 12.1 Å². The summed E-state index contributed by atoms with van der Waals surface area (Å²) < 4.78 is 5.02. The fraction of sp³-hybridized carbons (Fsp3) is 0.0769. The largest absolute Gasteiger partial charge is 0.475 e. The molecular formula is C13H12N2O4. The third-order valence-electron chi connectivity index (χ3n) is 2.50. The van der Waals surface area contributed by atoms with Crippen molar-refractivity contribution in [1.82, 2.24) is 5.32 Å². The van der Waals surface area contributed by atoms with E-state index in [1.165, 1.54) is 12.1 Å². The number of carbonyl (C=O) groups excluding carboxylic acids is 1. The highest BCUT2D eigenvalue weighted by Gasteiger charge is 2.11. The van der Waals surface area contributed by atoms with E-state index in [2.05, 4.69) is 5.32 Å². The average Bonchev–Trinajstić information content (AvgIpc) is 2.85. The maximum atomic E-state index is 11.8. The number of hydrogen-bond acceptors (Lipinski definition) is 4. The standard InChI is InChI=1S/C13H12N2O4/c14-10-4-2-1-3-9(10)12(16)15-7-8-5-6-11(19-8)13(17)18/h1-6H,7,14H2,(H,15,16)(H,17,18). The van der Waals surface area contributed by atoms with Crippen LogP contribution in [0.1, 0.15) is 26.7 Å². The molecule has 1 amide bonds. The van der Waals surface area contributed by atoms with Crippen LogP contribution in [-0.4, -0.2) is 17.0 Å². The highest BCUT2D eigenvalue weighted by atomic mass is 16.4. The molecule has 0 aliphatic rings. The zero-order valence-corrected chi connectivity index (χ0v) is 9.92. The molecule has 0 saturated carbocycles. The number of benzene rings is 1. The normalized spacial score (nSPS) is 10.1. The molecule has 6 nitrogen and oxygen atoms in total. The van der Waals surface area contributed by atoms with Crippen LogP contribution in [0.4, 0.5) is 5.69 Å². The van der Waals surface area contributed by atoms with E-state index in [0.717, 1.165) is 0 Å². The van der Waals surface area contributed by atoms with Crippen molar-refractivity contribution in [3.63, 3.8) is 0 Å². The predicted molar refractivity (Wildman–Crippen MR) is 67.7 cm³/mol. The van der Waals surface area contributed by atoms with Crippen LogP contribution in [-0.2, 0) is 6.54 Å². The molecule has 0 aliphatic carbocycles. The molecule has 0 radical (unpaired) electrons. The summed E-state index contributed by atoms with van der Waals surface area (Å²) in [7, 11) is 0. The lowest BCUT2D eigenvalue weighted by molar-refractivity contribution is 0.0660. The van der Waals surface area contributed by atoms with Gasteiger partial charge in [-0.15, -0.1) is 0 Å². The maximum absolute atomic E-state index is 11.8. The number of nitrogens with one attached hydrogen (secondary N) is 1. The summed E-state index contributed by atoms with van der Waals surface area (Å²) in [6.07, 6.45) is 0. The molecule has 1 heterocycles. The van der Waals surface area contributed by atoms with Gasteiger partial charge < -0.3 is 20.6 Å². The van der Waals surface area contributed by atoms with Crippen molar-refractivity contribution in [2.45, 2.75) is 6.54 Å². The Balaban J connectivity index is 2.00. The van der Waals surface area contributed by atoms with E-state index in [4.69, 9.17) is 15.3 Å². The minimum atomic E-state index is -1.15. The monoisotopic (exact) mass is 260 g/mol. The Morgan fingerprint density at radius 3 is 2.58 bits per heavy atom. The molecule has 0 bridgehead atoms. The van der Waals surface area contributed by atoms with Gasteiger partial charge in [-0.3, -0.25) is 4.79 Å². The molecule has 0 atom stereocenters. The summed E-state index contributed by atoms with van der Waals surface area (Å²) >= 11 is 0. The first-order valence-electron chi connectivity index (χ1n) is 5.52. The van der Waals surface area contributed by atoms with Crippen LogP contribution in [0, 0.1) is 0 Å². The molecule has 0 saturated heterocycles. The maximum Gasteiger partial charge on any atom is 0.371 e. The van der Waals surface area contributed by atoms with E-state index in [-0.39, 0.29) is 18.2 Å². The van der Waals surface area contributed by atoms with Gasteiger partial charge in [-0.05, 0) is 24.3 Å². The Labute approximate surface area is 108 Å². The molecule has 0 aliphatic heterocycles. The summed E-state index contributed by atoms with van der Waals surface area (Å²) in [4.78, 5) is 22.5. The highest BCUT2D eigenvalue weighted by molar-refractivity contribution is 5.98. The second kappa shape index (κ2) is 5.26. The molecule has 1 aromatic heterocycles. The zero-order valence-electron chi connectivity index (χ0n) is 9.92. The minimum Gasteiger partial charge on any atom is -0.475 e. The molecule has 1 aromatic carbocycles. The number of nitrogens with two attached hydrogens (primary N) is 1. The van der Waals surface area contributed by atoms with Gasteiger partial charge in [-0.2, -0.15) is 0 Å². The SMILES string of the molecule is Nc1ccccc1C(=O)NCc1ccc(C(=O)O)o1. The fourth-order valence-corrected chi connectivity index (χ4v) is 1.55. The molecule has 0 spiro atoms. The number of furan rings is 1. The van der Waals surface area contributed by atoms with Crippen molar-refractivity contribution in [3.05, 3.63) is 53.5 Å². The lowest BCUT2D eigenvalue weighted by Gasteiger charge is -2.05.